The average molecular weight is 385 g/mol. The lowest BCUT2D eigenvalue weighted by Gasteiger charge is -2.02. The lowest BCUT2D eigenvalue weighted by molar-refractivity contribution is 0.340. The third-order valence-corrected chi connectivity index (χ3v) is 5.22. The zero-order chi connectivity index (χ0) is 17.8. The summed E-state index contributed by atoms with van der Waals surface area (Å²) in [4.78, 5) is 1.06. The fourth-order valence-electron chi connectivity index (χ4n) is 2.30. The van der Waals surface area contributed by atoms with Crippen molar-refractivity contribution in [1.82, 2.24) is 15.4 Å². The average Bonchev–Trinajstić information content (AvgIpc) is 3.41. The van der Waals surface area contributed by atoms with Crippen molar-refractivity contribution in [2.75, 3.05) is 6.61 Å². The molecular weight excluding hydrogens is 370 g/mol. The molecular formula is C18H15N3O3S2. The number of benzene rings is 1. The highest BCUT2D eigenvalue weighted by Crippen LogP contribution is 2.29. The van der Waals surface area contributed by atoms with Gasteiger partial charge in [0.2, 0.25) is 5.89 Å². The Bertz CT molecular complexity index is 962. The summed E-state index contributed by atoms with van der Waals surface area (Å²) >= 11 is 3.05. The predicted molar refractivity (Wildman–Crippen MR) is 100 cm³/mol. The Kier molecular flexibility index (Phi) is 5.03. The second-order valence-electron chi connectivity index (χ2n) is 5.28. The van der Waals surface area contributed by atoms with Crippen LogP contribution in [0, 0.1) is 0 Å². The van der Waals surface area contributed by atoms with Gasteiger partial charge in [0, 0.05) is 17.4 Å². The van der Waals surface area contributed by atoms with Crippen LogP contribution in [-0.4, -0.2) is 22.0 Å². The first kappa shape index (κ1) is 16.9. The third kappa shape index (κ3) is 3.81. The maximum absolute atomic E-state index is 5.71. The lowest BCUT2D eigenvalue weighted by Crippen LogP contribution is -1.90. The maximum Gasteiger partial charge on any atom is 0.277 e. The number of hydrogen-bond acceptors (Lipinski definition) is 8. The molecule has 8 heteroatoms. The zero-order valence-electron chi connectivity index (χ0n) is 13.9. The van der Waals surface area contributed by atoms with Crippen LogP contribution >= 0.6 is 23.1 Å². The number of aromatic nitrogens is 3. The SMILES string of the molecule is CCOc1ccc(-c2nnc(SCc3cc(-c4cccs4)on3)o2)cc1. The number of rotatable bonds is 7. The smallest absolute Gasteiger partial charge is 0.277 e. The fourth-order valence-corrected chi connectivity index (χ4v) is 3.61. The molecule has 0 saturated carbocycles. The molecule has 132 valence electrons. The first-order chi connectivity index (χ1) is 12.8. The highest BCUT2D eigenvalue weighted by Gasteiger charge is 2.12. The van der Waals surface area contributed by atoms with E-state index in [1.54, 1.807) is 11.3 Å². The molecule has 0 atom stereocenters. The minimum atomic E-state index is 0.481. The van der Waals surface area contributed by atoms with Gasteiger partial charge in [0.1, 0.15) is 5.75 Å². The summed E-state index contributed by atoms with van der Waals surface area (Å²) in [5, 5.41) is 14.8. The molecule has 6 nitrogen and oxygen atoms in total. The molecule has 0 aliphatic rings. The Labute approximate surface area is 158 Å². The molecule has 0 aliphatic carbocycles. The second-order valence-corrected chi connectivity index (χ2v) is 7.15. The minimum Gasteiger partial charge on any atom is -0.494 e. The number of ether oxygens (including phenoxy) is 1. The summed E-state index contributed by atoms with van der Waals surface area (Å²) in [6.07, 6.45) is 0. The van der Waals surface area contributed by atoms with E-state index < -0.39 is 0 Å². The summed E-state index contributed by atoms with van der Waals surface area (Å²) < 4.78 is 16.5. The third-order valence-electron chi connectivity index (χ3n) is 3.49. The summed E-state index contributed by atoms with van der Waals surface area (Å²) in [7, 11) is 0. The van der Waals surface area contributed by atoms with Crippen molar-refractivity contribution >= 4 is 23.1 Å². The molecule has 0 amide bonds. The monoisotopic (exact) mass is 385 g/mol. The molecule has 1 aromatic carbocycles. The van der Waals surface area contributed by atoms with Gasteiger partial charge in [-0.25, -0.2) is 0 Å². The van der Waals surface area contributed by atoms with Crippen molar-refractivity contribution in [3.05, 3.63) is 53.5 Å². The number of hydrogen-bond donors (Lipinski definition) is 0. The first-order valence-corrected chi connectivity index (χ1v) is 9.87. The molecule has 0 fully saturated rings. The number of thiophene rings is 1. The Morgan fingerprint density at radius 3 is 2.81 bits per heavy atom. The van der Waals surface area contributed by atoms with E-state index >= 15 is 0 Å². The molecule has 4 aromatic rings. The van der Waals surface area contributed by atoms with Crippen LogP contribution in [0.25, 0.3) is 22.1 Å². The van der Waals surface area contributed by atoms with E-state index in [2.05, 4.69) is 15.4 Å². The van der Waals surface area contributed by atoms with Crippen molar-refractivity contribution < 1.29 is 13.7 Å². The van der Waals surface area contributed by atoms with Gasteiger partial charge in [0.15, 0.2) is 5.76 Å². The molecule has 0 bridgehead atoms. The zero-order valence-corrected chi connectivity index (χ0v) is 15.5. The van der Waals surface area contributed by atoms with Crippen molar-refractivity contribution in [2.45, 2.75) is 17.9 Å². The summed E-state index contributed by atoms with van der Waals surface area (Å²) in [5.41, 5.74) is 1.69. The van der Waals surface area contributed by atoms with E-state index in [1.165, 1.54) is 11.8 Å². The molecule has 3 heterocycles. The molecule has 0 N–H and O–H groups in total. The van der Waals surface area contributed by atoms with E-state index in [9.17, 15) is 0 Å². The first-order valence-electron chi connectivity index (χ1n) is 8.01. The summed E-state index contributed by atoms with van der Waals surface area (Å²) in [6, 6.07) is 13.5. The highest BCUT2D eigenvalue weighted by molar-refractivity contribution is 7.98. The van der Waals surface area contributed by atoms with E-state index in [0.29, 0.717) is 23.5 Å². The lowest BCUT2D eigenvalue weighted by atomic mass is 10.2. The molecule has 0 spiro atoms. The van der Waals surface area contributed by atoms with Gasteiger partial charge in [0.25, 0.3) is 5.22 Å². The van der Waals surface area contributed by atoms with Crippen molar-refractivity contribution in [2.24, 2.45) is 0 Å². The quantitative estimate of drug-likeness (QED) is 0.408. The van der Waals surface area contributed by atoms with Gasteiger partial charge >= 0.3 is 0 Å². The Morgan fingerprint density at radius 1 is 1.15 bits per heavy atom. The van der Waals surface area contributed by atoms with Gasteiger partial charge in [-0.15, -0.1) is 21.5 Å². The second kappa shape index (κ2) is 7.76. The standard InChI is InChI=1S/C18H15N3O3S2/c1-2-22-14-7-5-12(6-8-14)17-19-20-18(23-17)26-11-13-10-15(24-21-13)16-4-3-9-25-16/h3-10H,2,11H2,1H3. The topological polar surface area (TPSA) is 74.2 Å². The summed E-state index contributed by atoms with van der Waals surface area (Å²) in [6.45, 7) is 2.59. The highest BCUT2D eigenvalue weighted by atomic mass is 32.2. The molecule has 0 unspecified atom stereocenters. The van der Waals surface area contributed by atoms with E-state index in [1.807, 2.05) is 54.8 Å². The van der Waals surface area contributed by atoms with Crippen LogP contribution in [-0.2, 0) is 5.75 Å². The van der Waals surface area contributed by atoms with Gasteiger partial charge in [0.05, 0.1) is 17.2 Å². The minimum absolute atomic E-state index is 0.481. The van der Waals surface area contributed by atoms with Crippen molar-refractivity contribution in [1.29, 1.82) is 0 Å². The molecule has 26 heavy (non-hydrogen) atoms. The van der Waals surface area contributed by atoms with E-state index in [-0.39, 0.29) is 0 Å². The van der Waals surface area contributed by atoms with Crippen LogP contribution in [0.15, 0.2) is 62.0 Å². The van der Waals surface area contributed by atoms with Crippen molar-refractivity contribution in [3.8, 4) is 27.8 Å². The van der Waals surface area contributed by atoms with Crippen LogP contribution in [0.3, 0.4) is 0 Å². The molecule has 4 rings (SSSR count). The Balaban J connectivity index is 1.39. The van der Waals surface area contributed by atoms with E-state index in [0.717, 1.165) is 27.6 Å². The molecule has 0 saturated heterocycles. The number of nitrogens with zero attached hydrogens (tertiary/aromatic N) is 3. The molecule has 0 aliphatic heterocycles. The van der Waals surface area contributed by atoms with Gasteiger partial charge < -0.3 is 13.7 Å². The van der Waals surface area contributed by atoms with Crippen LogP contribution in [0.5, 0.6) is 5.75 Å². The van der Waals surface area contributed by atoms with Gasteiger partial charge in [-0.3, -0.25) is 0 Å². The van der Waals surface area contributed by atoms with Gasteiger partial charge in [-0.1, -0.05) is 23.0 Å². The van der Waals surface area contributed by atoms with E-state index in [4.69, 9.17) is 13.7 Å². The fraction of sp³-hybridized carbons (Fsp3) is 0.167. The Hall–Kier alpha value is -2.58. The predicted octanol–water partition coefficient (Wildman–Crippen LogP) is 5.14. The van der Waals surface area contributed by atoms with Crippen LogP contribution in [0.4, 0.5) is 0 Å². The number of thioether (sulfide) groups is 1. The maximum atomic E-state index is 5.71. The van der Waals surface area contributed by atoms with Crippen molar-refractivity contribution in [3.63, 3.8) is 0 Å². The van der Waals surface area contributed by atoms with Crippen LogP contribution in [0.1, 0.15) is 12.6 Å². The van der Waals surface area contributed by atoms with Gasteiger partial charge in [-0.05, 0) is 42.6 Å². The van der Waals surface area contributed by atoms with Crippen LogP contribution < -0.4 is 4.74 Å². The normalized spacial score (nSPS) is 11.0. The molecule has 3 aromatic heterocycles. The summed E-state index contributed by atoms with van der Waals surface area (Å²) in [5.74, 6) is 2.67. The largest absolute Gasteiger partial charge is 0.494 e. The molecule has 0 radical (unpaired) electrons. The van der Waals surface area contributed by atoms with Gasteiger partial charge in [-0.2, -0.15) is 0 Å². The Morgan fingerprint density at radius 2 is 2.04 bits per heavy atom. The van der Waals surface area contributed by atoms with Crippen LogP contribution in [0.2, 0.25) is 0 Å².